The molecule has 0 unspecified atom stereocenters. The van der Waals surface area contributed by atoms with Crippen molar-refractivity contribution in [1.82, 2.24) is 5.32 Å². The van der Waals surface area contributed by atoms with Gasteiger partial charge in [-0.05, 0) is 63.7 Å². The molecule has 0 saturated heterocycles. The van der Waals surface area contributed by atoms with Crippen molar-refractivity contribution >= 4 is 12.6 Å². The smallest absolute Gasteiger partial charge is 0.423 e. The van der Waals surface area contributed by atoms with Gasteiger partial charge >= 0.3 is 7.12 Å². The highest BCUT2D eigenvalue weighted by Crippen LogP contribution is 2.25. The van der Waals surface area contributed by atoms with Crippen LogP contribution in [0.25, 0.3) is 0 Å². The number of benzene rings is 1. The summed E-state index contributed by atoms with van der Waals surface area (Å²) in [4.78, 5) is 0. The molecule has 22 heavy (non-hydrogen) atoms. The molecule has 0 aromatic heterocycles. The van der Waals surface area contributed by atoms with Crippen LogP contribution in [0.4, 0.5) is 4.39 Å². The first-order valence-electron chi connectivity index (χ1n) is 7.70. The second-order valence-electron chi connectivity index (χ2n) is 7.04. The van der Waals surface area contributed by atoms with Crippen LogP contribution < -0.4 is 10.8 Å². The fourth-order valence-electron chi connectivity index (χ4n) is 1.99. The van der Waals surface area contributed by atoms with Crippen molar-refractivity contribution < 1.29 is 19.2 Å². The van der Waals surface area contributed by atoms with Gasteiger partial charge in [-0.25, -0.2) is 4.39 Å². The van der Waals surface area contributed by atoms with Crippen LogP contribution in [0.1, 0.15) is 46.1 Å². The van der Waals surface area contributed by atoms with Gasteiger partial charge in [0, 0.05) is 12.6 Å². The van der Waals surface area contributed by atoms with E-state index < -0.39 is 24.1 Å². The highest BCUT2D eigenvalue weighted by molar-refractivity contribution is 6.60. The third kappa shape index (κ3) is 4.29. The zero-order chi connectivity index (χ0) is 16.5. The zero-order valence-electron chi connectivity index (χ0n) is 13.7. The fraction of sp³-hybridized carbons (Fsp3) is 0.625. The van der Waals surface area contributed by atoms with Gasteiger partial charge in [0.25, 0.3) is 0 Å². The Bertz CT molecular complexity index is 527. The second kappa shape index (κ2) is 6.28. The molecule has 0 heterocycles. The molecule has 0 radical (unpaired) electrons. The number of nitrogens with one attached hydrogen (secondary N) is 1. The lowest BCUT2D eigenvalue weighted by Crippen LogP contribution is -2.53. The Morgan fingerprint density at radius 2 is 1.95 bits per heavy atom. The van der Waals surface area contributed by atoms with E-state index in [1.807, 2.05) is 0 Å². The maximum absolute atomic E-state index is 13.5. The lowest BCUT2D eigenvalue weighted by molar-refractivity contribution is -0.0982. The number of hydrogen-bond acceptors (Lipinski definition) is 4. The Morgan fingerprint density at radius 1 is 1.32 bits per heavy atom. The molecule has 1 aromatic rings. The molecule has 1 fully saturated rings. The lowest BCUT2D eigenvalue weighted by Gasteiger charge is -2.38. The molecular weight excluding hydrogens is 284 g/mol. The average Bonchev–Trinajstić information content (AvgIpc) is 3.19. The summed E-state index contributed by atoms with van der Waals surface area (Å²) in [5.41, 5.74) is -0.939. The molecule has 122 valence electrons. The monoisotopic (exact) mass is 309 g/mol. The summed E-state index contributed by atoms with van der Waals surface area (Å²) in [6.07, 6.45) is 2.31. The average molecular weight is 309 g/mol. The maximum atomic E-state index is 13.5. The Morgan fingerprint density at radius 3 is 2.50 bits per heavy atom. The molecule has 1 saturated carbocycles. The molecule has 4 nitrogen and oxygen atoms in total. The predicted octanol–water partition coefficient (Wildman–Crippen LogP) is 1.33. The molecule has 0 amide bonds. The quantitative estimate of drug-likeness (QED) is 0.665. The summed E-state index contributed by atoms with van der Waals surface area (Å²) in [5, 5.41) is 23.8. The summed E-state index contributed by atoms with van der Waals surface area (Å²) in [5.74, 6) is -0.422. The van der Waals surface area contributed by atoms with Gasteiger partial charge in [0.1, 0.15) is 5.82 Å². The van der Waals surface area contributed by atoms with E-state index in [4.69, 9.17) is 4.65 Å². The first-order valence-corrected chi connectivity index (χ1v) is 7.70. The summed E-state index contributed by atoms with van der Waals surface area (Å²) >= 11 is 0. The van der Waals surface area contributed by atoms with Gasteiger partial charge < -0.3 is 20.1 Å². The third-order valence-corrected chi connectivity index (χ3v) is 4.41. The molecule has 1 aromatic carbocycles. The van der Waals surface area contributed by atoms with Crippen LogP contribution >= 0.6 is 0 Å². The van der Waals surface area contributed by atoms with Crippen molar-refractivity contribution in [2.75, 3.05) is 0 Å². The van der Waals surface area contributed by atoms with Gasteiger partial charge in [-0.3, -0.25) is 0 Å². The fourth-order valence-corrected chi connectivity index (χ4v) is 1.99. The normalized spacial score (nSPS) is 16.0. The standard InChI is InChI=1S/C16H25BFNO3/c1-15(2,20)16(3,4)22-17(21)14-9-12(18)6-5-11(14)10-19-13-7-8-13/h5-6,9,13,19-21H,7-8,10H2,1-4H3. The Hall–Kier alpha value is -0.945. The first-order chi connectivity index (χ1) is 10.1. The van der Waals surface area contributed by atoms with Crippen LogP contribution in [0.3, 0.4) is 0 Å². The molecule has 0 atom stereocenters. The molecule has 0 aliphatic heterocycles. The number of rotatable bonds is 7. The van der Waals surface area contributed by atoms with E-state index in [0.29, 0.717) is 18.0 Å². The maximum Gasteiger partial charge on any atom is 0.492 e. The van der Waals surface area contributed by atoms with E-state index in [0.717, 1.165) is 18.4 Å². The van der Waals surface area contributed by atoms with Gasteiger partial charge in [-0.2, -0.15) is 0 Å². The summed E-state index contributed by atoms with van der Waals surface area (Å²) in [6, 6.07) is 4.84. The molecule has 2 rings (SSSR count). The zero-order valence-corrected chi connectivity index (χ0v) is 13.7. The molecule has 6 heteroatoms. The Kier molecular flexibility index (Phi) is 4.97. The van der Waals surface area contributed by atoms with E-state index in [1.165, 1.54) is 12.1 Å². The first kappa shape index (κ1) is 17.4. The minimum Gasteiger partial charge on any atom is -0.423 e. The minimum atomic E-state index is -1.30. The van der Waals surface area contributed by atoms with Crippen molar-refractivity contribution in [2.24, 2.45) is 0 Å². The van der Waals surface area contributed by atoms with E-state index in [-0.39, 0.29) is 0 Å². The molecule has 1 aliphatic rings. The van der Waals surface area contributed by atoms with Crippen molar-refractivity contribution in [2.45, 2.75) is 64.3 Å². The molecule has 1 aliphatic carbocycles. The number of halogens is 1. The molecular formula is C16H25BFNO3. The largest absolute Gasteiger partial charge is 0.492 e. The summed E-state index contributed by atoms with van der Waals surface area (Å²) in [6.45, 7) is 7.17. The van der Waals surface area contributed by atoms with Crippen LogP contribution in [0.15, 0.2) is 18.2 Å². The molecule has 3 N–H and O–H groups in total. The molecule has 0 spiro atoms. The van der Waals surface area contributed by atoms with E-state index >= 15 is 0 Å². The van der Waals surface area contributed by atoms with E-state index in [9.17, 15) is 14.5 Å². The SMILES string of the molecule is CC(C)(O)C(C)(C)OB(O)c1cc(F)ccc1CNC1CC1. The highest BCUT2D eigenvalue weighted by Gasteiger charge is 2.40. The predicted molar refractivity (Wildman–Crippen MR) is 85.3 cm³/mol. The van der Waals surface area contributed by atoms with Crippen LogP contribution in [-0.4, -0.2) is 34.5 Å². The second-order valence-corrected chi connectivity index (χ2v) is 7.04. The van der Waals surface area contributed by atoms with Gasteiger partial charge in [0.2, 0.25) is 0 Å². The Labute approximate surface area is 131 Å². The van der Waals surface area contributed by atoms with E-state index in [1.54, 1.807) is 33.8 Å². The molecule has 0 bridgehead atoms. The van der Waals surface area contributed by atoms with Gasteiger partial charge in [-0.1, -0.05) is 6.07 Å². The van der Waals surface area contributed by atoms with Crippen molar-refractivity contribution in [1.29, 1.82) is 0 Å². The van der Waals surface area contributed by atoms with Crippen molar-refractivity contribution in [3.05, 3.63) is 29.6 Å². The third-order valence-electron chi connectivity index (χ3n) is 4.41. The van der Waals surface area contributed by atoms with Crippen LogP contribution in [0, 0.1) is 5.82 Å². The van der Waals surface area contributed by atoms with Crippen LogP contribution in [-0.2, 0) is 11.2 Å². The van der Waals surface area contributed by atoms with Gasteiger partial charge in [-0.15, -0.1) is 0 Å². The minimum absolute atomic E-state index is 0.394. The lowest BCUT2D eigenvalue weighted by atomic mass is 9.74. The van der Waals surface area contributed by atoms with E-state index in [2.05, 4.69) is 5.32 Å². The summed E-state index contributed by atoms with van der Waals surface area (Å²) < 4.78 is 19.2. The Balaban J connectivity index is 2.16. The number of aliphatic hydroxyl groups is 1. The van der Waals surface area contributed by atoms with Crippen molar-refractivity contribution in [3.63, 3.8) is 0 Å². The van der Waals surface area contributed by atoms with Crippen LogP contribution in [0.5, 0.6) is 0 Å². The van der Waals surface area contributed by atoms with Gasteiger partial charge in [0.05, 0.1) is 11.2 Å². The summed E-state index contributed by atoms with van der Waals surface area (Å²) in [7, 11) is -1.30. The number of hydrogen-bond donors (Lipinski definition) is 3. The topological polar surface area (TPSA) is 61.7 Å². The van der Waals surface area contributed by atoms with Gasteiger partial charge in [0.15, 0.2) is 0 Å². The van der Waals surface area contributed by atoms with Crippen molar-refractivity contribution in [3.8, 4) is 0 Å². The van der Waals surface area contributed by atoms with Crippen LogP contribution in [0.2, 0.25) is 0 Å². The highest BCUT2D eigenvalue weighted by atomic mass is 19.1.